The molecule has 0 saturated carbocycles. The van der Waals surface area contributed by atoms with E-state index < -0.39 is 9.84 Å². The van der Waals surface area contributed by atoms with Crippen LogP contribution in [-0.4, -0.2) is 25.8 Å². The average Bonchev–Trinajstić information content (AvgIpc) is 2.61. The van der Waals surface area contributed by atoms with E-state index in [0.717, 1.165) is 16.2 Å². The fraction of sp³-hybridized carbons (Fsp3) is 0.278. The molecule has 2 aromatic rings. The highest BCUT2D eigenvalue weighted by Gasteiger charge is 2.24. The Morgan fingerprint density at radius 2 is 1.96 bits per heavy atom. The lowest BCUT2D eigenvalue weighted by molar-refractivity contribution is -0.121. The Bertz CT molecular complexity index is 917. The predicted octanol–water partition coefficient (Wildman–Crippen LogP) is 4.00. The fourth-order valence-corrected chi connectivity index (χ4v) is 5.24. The van der Waals surface area contributed by atoms with Gasteiger partial charge < -0.3 is 5.32 Å². The van der Waals surface area contributed by atoms with Gasteiger partial charge in [0.05, 0.1) is 16.7 Å². The van der Waals surface area contributed by atoms with Crippen LogP contribution in [0.3, 0.4) is 0 Å². The fourth-order valence-electron chi connectivity index (χ4n) is 2.77. The maximum Gasteiger partial charge on any atom is 0.221 e. The zero-order valence-corrected chi connectivity index (χ0v) is 16.1. The van der Waals surface area contributed by atoms with Gasteiger partial charge in [0.25, 0.3) is 0 Å². The average molecular weight is 414 g/mol. The third kappa shape index (κ3) is 4.58. The van der Waals surface area contributed by atoms with Crippen molar-refractivity contribution in [1.29, 1.82) is 0 Å². The molecule has 1 aliphatic rings. The number of hydrogen-bond acceptors (Lipinski definition) is 4. The first-order valence-corrected chi connectivity index (χ1v) is 11.1. The van der Waals surface area contributed by atoms with E-state index in [1.807, 2.05) is 0 Å². The Morgan fingerprint density at radius 3 is 2.69 bits per heavy atom. The monoisotopic (exact) mass is 413 g/mol. The highest BCUT2D eigenvalue weighted by atomic mass is 35.5. The predicted molar refractivity (Wildman–Crippen MR) is 101 cm³/mol. The highest BCUT2D eigenvalue weighted by molar-refractivity contribution is 7.99. The summed E-state index contributed by atoms with van der Waals surface area (Å²) in [6.45, 7) is 0. The number of halogens is 2. The highest BCUT2D eigenvalue weighted by Crippen LogP contribution is 2.36. The second kappa shape index (κ2) is 7.98. The van der Waals surface area contributed by atoms with E-state index in [2.05, 4.69) is 5.32 Å². The zero-order chi connectivity index (χ0) is 18.7. The maximum atomic E-state index is 13.5. The Morgan fingerprint density at radius 1 is 1.23 bits per heavy atom. The largest absolute Gasteiger partial charge is 0.349 e. The smallest absolute Gasteiger partial charge is 0.221 e. The molecule has 4 nitrogen and oxygen atoms in total. The number of benzene rings is 2. The van der Waals surface area contributed by atoms with Gasteiger partial charge in [-0.3, -0.25) is 4.79 Å². The van der Waals surface area contributed by atoms with Crippen LogP contribution < -0.4 is 5.32 Å². The minimum Gasteiger partial charge on any atom is -0.349 e. The Kier molecular flexibility index (Phi) is 5.89. The summed E-state index contributed by atoms with van der Waals surface area (Å²) in [5.74, 6) is -0.199. The number of amides is 1. The van der Waals surface area contributed by atoms with Crippen LogP contribution in [0.5, 0.6) is 0 Å². The molecule has 8 heteroatoms. The molecule has 0 aromatic heterocycles. The van der Waals surface area contributed by atoms with Crippen LogP contribution in [0.1, 0.15) is 24.4 Å². The molecule has 3 rings (SSSR count). The zero-order valence-electron chi connectivity index (χ0n) is 13.7. The number of thioether (sulfide) groups is 1. The lowest BCUT2D eigenvalue weighted by atomic mass is 10.0. The summed E-state index contributed by atoms with van der Waals surface area (Å²) in [4.78, 5) is 13.3. The van der Waals surface area contributed by atoms with Crippen LogP contribution in [0.25, 0.3) is 0 Å². The summed E-state index contributed by atoms with van der Waals surface area (Å²) in [7, 11) is -3.56. The van der Waals surface area contributed by atoms with Crippen LogP contribution >= 0.6 is 23.4 Å². The van der Waals surface area contributed by atoms with Crippen LogP contribution in [0.2, 0.25) is 5.02 Å². The van der Waals surface area contributed by atoms with Gasteiger partial charge in [0, 0.05) is 22.1 Å². The molecule has 26 heavy (non-hydrogen) atoms. The van der Waals surface area contributed by atoms with Crippen molar-refractivity contribution in [2.75, 3.05) is 11.5 Å². The molecule has 0 saturated heterocycles. The van der Waals surface area contributed by atoms with Gasteiger partial charge in [-0.15, -0.1) is 11.8 Å². The Balaban J connectivity index is 1.63. The van der Waals surface area contributed by atoms with Gasteiger partial charge in [0.15, 0.2) is 9.84 Å². The summed E-state index contributed by atoms with van der Waals surface area (Å²) in [6.07, 6.45) is 0.524. The Hall–Kier alpha value is -1.57. The van der Waals surface area contributed by atoms with E-state index in [0.29, 0.717) is 11.4 Å². The number of sulfone groups is 1. The lowest BCUT2D eigenvalue weighted by Gasteiger charge is -2.26. The molecule has 0 unspecified atom stereocenters. The third-order valence-corrected chi connectivity index (χ3v) is 7.22. The Labute approximate surface area is 161 Å². The molecule has 1 heterocycles. The summed E-state index contributed by atoms with van der Waals surface area (Å²) in [5.41, 5.74) is 0.746. The van der Waals surface area contributed by atoms with Crippen molar-refractivity contribution in [3.05, 3.63) is 58.9 Å². The van der Waals surface area contributed by atoms with E-state index in [-0.39, 0.29) is 34.8 Å². The van der Waals surface area contributed by atoms with Crippen LogP contribution in [-0.2, 0) is 14.6 Å². The standard InChI is InChI=1S/C18H17ClFNO3S2/c19-12-1-4-14(5-2-12)26(23,24)10-8-18(22)21-16-7-9-25-17-6-3-13(20)11-15(16)17/h1-6,11,16H,7-10H2,(H,21,22)/t16-/m0/s1. The topological polar surface area (TPSA) is 63.2 Å². The molecule has 0 aliphatic carbocycles. The minimum absolute atomic E-state index is 0.135. The van der Waals surface area contributed by atoms with E-state index >= 15 is 0 Å². The van der Waals surface area contributed by atoms with Gasteiger partial charge in [-0.05, 0) is 54.4 Å². The molecule has 1 atom stereocenters. The molecule has 0 fully saturated rings. The SMILES string of the molecule is O=C(CCS(=O)(=O)c1ccc(Cl)cc1)N[C@H]1CCSc2ccc(F)cc21. The van der Waals surface area contributed by atoms with E-state index in [1.54, 1.807) is 17.8 Å². The summed E-state index contributed by atoms with van der Waals surface area (Å²) in [6, 6.07) is 10.1. The first-order valence-electron chi connectivity index (χ1n) is 8.05. The van der Waals surface area contributed by atoms with Crippen molar-refractivity contribution < 1.29 is 17.6 Å². The first kappa shape index (κ1) is 19.2. The van der Waals surface area contributed by atoms with Crippen LogP contribution in [0, 0.1) is 5.82 Å². The number of nitrogens with one attached hydrogen (secondary N) is 1. The molecular weight excluding hydrogens is 397 g/mol. The van der Waals surface area contributed by atoms with Crippen molar-refractivity contribution in [3.8, 4) is 0 Å². The van der Waals surface area contributed by atoms with Crippen molar-refractivity contribution in [1.82, 2.24) is 5.32 Å². The second-order valence-corrected chi connectivity index (χ2v) is 9.64. The summed E-state index contributed by atoms with van der Waals surface area (Å²) in [5, 5.41) is 3.28. The quantitative estimate of drug-likeness (QED) is 0.804. The van der Waals surface area contributed by atoms with Crippen molar-refractivity contribution >= 4 is 39.1 Å². The van der Waals surface area contributed by atoms with E-state index in [1.165, 1.54) is 36.4 Å². The molecule has 138 valence electrons. The number of rotatable bonds is 5. The maximum absolute atomic E-state index is 13.5. The lowest BCUT2D eigenvalue weighted by Crippen LogP contribution is -2.31. The molecule has 0 bridgehead atoms. The number of carbonyl (C=O) groups is 1. The molecule has 0 spiro atoms. The first-order chi connectivity index (χ1) is 12.3. The third-order valence-electron chi connectivity index (χ3n) is 4.12. The van der Waals surface area contributed by atoms with Crippen LogP contribution in [0.15, 0.2) is 52.3 Å². The number of hydrogen-bond donors (Lipinski definition) is 1. The molecule has 1 amide bonds. The number of fused-ring (bicyclic) bond motifs is 1. The van der Waals surface area contributed by atoms with E-state index in [4.69, 9.17) is 11.6 Å². The normalized spacial score (nSPS) is 16.8. The van der Waals surface area contributed by atoms with Crippen molar-refractivity contribution in [2.24, 2.45) is 0 Å². The molecule has 2 aromatic carbocycles. The summed E-state index contributed by atoms with van der Waals surface area (Å²) < 4.78 is 38.1. The number of carbonyl (C=O) groups excluding carboxylic acids is 1. The van der Waals surface area contributed by atoms with E-state index in [9.17, 15) is 17.6 Å². The molecular formula is C18H17ClFNO3S2. The molecule has 0 radical (unpaired) electrons. The van der Waals surface area contributed by atoms with Gasteiger partial charge in [-0.25, -0.2) is 12.8 Å². The second-order valence-electron chi connectivity index (χ2n) is 5.96. The van der Waals surface area contributed by atoms with Gasteiger partial charge in [-0.1, -0.05) is 11.6 Å². The molecule has 1 N–H and O–H groups in total. The molecule has 1 aliphatic heterocycles. The van der Waals surface area contributed by atoms with Crippen molar-refractivity contribution in [2.45, 2.75) is 28.7 Å². The van der Waals surface area contributed by atoms with Gasteiger partial charge in [-0.2, -0.15) is 0 Å². The van der Waals surface area contributed by atoms with Gasteiger partial charge in [0.1, 0.15) is 5.82 Å². The minimum atomic E-state index is -3.56. The van der Waals surface area contributed by atoms with Gasteiger partial charge >= 0.3 is 0 Å². The summed E-state index contributed by atoms with van der Waals surface area (Å²) >= 11 is 7.38. The van der Waals surface area contributed by atoms with Gasteiger partial charge in [0.2, 0.25) is 5.91 Å². The van der Waals surface area contributed by atoms with Crippen molar-refractivity contribution in [3.63, 3.8) is 0 Å². The van der Waals surface area contributed by atoms with Crippen LogP contribution in [0.4, 0.5) is 4.39 Å².